The van der Waals surface area contributed by atoms with Crippen LogP contribution in [0.25, 0.3) is 0 Å². The van der Waals surface area contributed by atoms with Crippen molar-refractivity contribution >= 4 is 5.91 Å². The van der Waals surface area contributed by atoms with Crippen LogP contribution in [-0.4, -0.2) is 101 Å². The highest BCUT2D eigenvalue weighted by Crippen LogP contribution is 2.37. The number of hydrogen-bond donors (Lipinski definition) is 1. The standard InChI is InChI=1S/C24H43NO8/c1-4-32-24-20(6-5-9-26)21(19(2)3)18-22(33-24)23(27)25-7-10-28-12-14-30-16-17-31-15-13-29-11-8-25/h18-21,24,26H,4-17H2,1-3H3/t20-,21-,24-/m0/s1. The average molecular weight is 474 g/mol. The number of aliphatic hydroxyl groups excluding tert-OH is 1. The fraction of sp³-hybridized carbons (Fsp3) is 0.875. The minimum Gasteiger partial charge on any atom is -0.459 e. The molecule has 0 bridgehead atoms. The molecule has 0 aromatic rings. The monoisotopic (exact) mass is 473 g/mol. The van der Waals surface area contributed by atoms with Crippen molar-refractivity contribution in [2.24, 2.45) is 17.8 Å². The molecule has 0 radical (unpaired) electrons. The Hall–Kier alpha value is -1.23. The van der Waals surface area contributed by atoms with E-state index in [-0.39, 0.29) is 24.3 Å². The summed E-state index contributed by atoms with van der Waals surface area (Å²) >= 11 is 0. The number of ether oxygens (including phenoxy) is 6. The van der Waals surface area contributed by atoms with E-state index in [0.29, 0.717) is 90.6 Å². The number of aliphatic hydroxyl groups is 1. The van der Waals surface area contributed by atoms with Crippen LogP contribution < -0.4 is 0 Å². The first-order chi connectivity index (χ1) is 16.1. The molecule has 1 saturated heterocycles. The van der Waals surface area contributed by atoms with Crippen molar-refractivity contribution in [1.82, 2.24) is 4.90 Å². The Kier molecular flexibility index (Phi) is 13.9. The van der Waals surface area contributed by atoms with Crippen molar-refractivity contribution in [2.75, 3.05) is 79.2 Å². The van der Waals surface area contributed by atoms with Crippen LogP contribution in [0.3, 0.4) is 0 Å². The summed E-state index contributed by atoms with van der Waals surface area (Å²) in [4.78, 5) is 15.2. The zero-order valence-electron chi connectivity index (χ0n) is 20.5. The Morgan fingerprint density at radius 1 is 1.03 bits per heavy atom. The maximum atomic E-state index is 13.5. The Balaban J connectivity index is 2.11. The van der Waals surface area contributed by atoms with Gasteiger partial charge >= 0.3 is 0 Å². The lowest BCUT2D eigenvalue weighted by atomic mass is 9.78. The first-order valence-corrected chi connectivity index (χ1v) is 12.3. The second-order valence-corrected chi connectivity index (χ2v) is 8.57. The van der Waals surface area contributed by atoms with Gasteiger partial charge in [0.15, 0.2) is 5.76 Å². The third kappa shape index (κ3) is 9.88. The van der Waals surface area contributed by atoms with Crippen LogP contribution in [0.5, 0.6) is 0 Å². The Morgan fingerprint density at radius 2 is 1.58 bits per heavy atom. The lowest BCUT2D eigenvalue weighted by Gasteiger charge is -2.39. The predicted molar refractivity (Wildman–Crippen MR) is 123 cm³/mol. The maximum absolute atomic E-state index is 13.5. The molecule has 1 fully saturated rings. The van der Waals surface area contributed by atoms with Gasteiger partial charge in [0.05, 0.1) is 52.9 Å². The summed E-state index contributed by atoms with van der Waals surface area (Å²) in [6.07, 6.45) is 2.89. The molecule has 33 heavy (non-hydrogen) atoms. The molecule has 2 aliphatic rings. The number of rotatable bonds is 7. The first-order valence-electron chi connectivity index (χ1n) is 12.3. The molecule has 0 saturated carbocycles. The molecule has 3 atom stereocenters. The first kappa shape index (κ1) is 28.0. The lowest BCUT2D eigenvalue weighted by Crippen LogP contribution is -2.44. The van der Waals surface area contributed by atoms with Crippen molar-refractivity contribution in [1.29, 1.82) is 0 Å². The van der Waals surface area contributed by atoms with E-state index in [1.54, 1.807) is 4.90 Å². The van der Waals surface area contributed by atoms with Gasteiger partial charge in [-0.2, -0.15) is 0 Å². The number of carbonyl (C=O) groups is 1. The highest BCUT2D eigenvalue weighted by atomic mass is 16.7. The van der Waals surface area contributed by atoms with Gasteiger partial charge in [-0.3, -0.25) is 4.79 Å². The predicted octanol–water partition coefficient (Wildman–Crippen LogP) is 1.83. The van der Waals surface area contributed by atoms with E-state index in [0.717, 1.165) is 6.42 Å². The van der Waals surface area contributed by atoms with Gasteiger partial charge < -0.3 is 38.4 Å². The Labute approximate surface area is 198 Å². The molecule has 0 aliphatic carbocycles. The van der Waals surface area contributed by atoms with Gasteiger partial charge in [0.2, 0.25) is 6.29 Å². The molecule has 192 valence electrons. The number of nitrogens with zero attached hydrogens (tertiary/aromatic N) is 1. The molecule has 9 heteroatoms. The quantitative estimate of drug-likeness (QED) is 0.598. The van der Waals surface area contributed by atoms with Crippen LogP contribution in [0.4, 0.5) is 0 Å². The summed E-state index contributed by atoms with van der Waals surface area (Å²) in [6.45, 7) is 11.4. The average Bonchev–Trinajstić information content (AvgIpc) is 2.82. The van der Waals surface area contributed by atoms with Crippen LogP contribution in [0.15, 0.2) is 11.8 Å². The molecule has 0 unspecified atom stereocenters. The Bertz CT molecular complexity index is 555. The van der Waals surface area contributed by atoms with Gasteiger partial charge in [-0.15, -0.1) is 0 Å². The van der Waals surface area contributed by atoms with Gasteiger partial charge in [0.1, 0.15) is 0 Å². The van der Waals surface area contributed by atoms with Crippen LogP contribution in [0.1, 0.15) is 33.6 Å². The highest BCUT2D eigenvalue weighted by molar-refractivity contribution is 5.91. The smallest absolute Gasteiger partial charge is 0.288 e. The van der Waals surface area contributed by atoms with Crippen molar-refractivity contribution in [2.45, 2.75) is 39.9 Å². The van der Waals surface area contributed by atoms with E-state index in [1.807, 2.05) is 13.0 Å². The normalized spacial score (nSPS) is 26.8. The summed E-state index contributed by atoms with van der Waals surface area (Å²) in [5.74, 6) is 0.638. The Morgan fingerprint density at radius 3 is 2.06 bits per heavy atom. The summed E-state index contributed by atoms with van der Waals surface area (Å²) in [6, 6.07) is 0. The van der Waals surface area contributed by atoms with E-state index in [4.69, 9.17) is 28.4 Å². The zero-order chi connectivity index (χ0) is 23.9. The second kappa shape index (κ2) is 16.4. The van der Waals surface area contributed by atoms with Crippen LogP contribution in [0.2, 0.25) is 0 Å². The molecule has 2 heterocycles. The molecule has 9 nitrogen and oxygen atoms in total. The second-order valence-electron chi connectivity index (χ2n) is 8.57. The van der Waals surface area contributed by atoms with E-state index in [9.17, 15) is 9.90 Å². The summed E-state index contributed by atoms with van der Waals surface area (Å²) in [5, 5.41) is 9.33. The van der Waals surface area contributed by atoms with E-state index < -0.39 is 6.29 Å². The van der Waals surface area contributed by atoms with Gasteiger partial charge in [-0.05, 0) is 37.7 Å². The summed E-state index contributed by atoms with van der Waals surface area (Å²) < 4.78 is 34.2. The van der Waals surface area contributed by atoms with Crippen LogP contribution >= 0.6 is 0 Å². The van der Waals surface area contributed by atoms with Crippen LogP contribution in [-0.2, 0) is 33.2 Å². The molecule has 0 aromatic carbocycles. The van der Waals surface area contributed by atoms with Gasteiger partial charge in [0, 0.05) is 32.2 Å². The zero-order valence-corrected chi connectivity index (χ0v) is 20.5. The third-order valence-electron chi connectivity index (χ3n) is 5.85. The largest absolute Gasteiger partial charge is 0.459 e. The molecule has 1 amide bonds. The summed E-state index contributed by atoms with van der Waals surface area (Å²) in [7, 11) is 0. The topological polar surface area (TPSA) is 95.9 Å². The highest BCUT2D eigenvalue weighted by Gasteiger charge is 2.39. The van der Waals surface area contributed by atoms with E-state index in [2.05, 4.69) is 13.8 Å². The van der Waals surface area contributed by atoms with Crippen molar-refractivity contribution in [3.05, 3.63) is 11.8 Å². The SMILES string of the molecule is CCO[C@H]1OC(C(=O)N2CCOCCOCCOCCOCC2)=C[C@@H](C(C)C)[C@@H]1CCCO. The molecule has 0 aromatic heterocycles. The van der Waals surface area contributed by atoms with Gasteiger partial charge in [-0.1, -0.05) is 13.8 Å². The molecule has 0 spiro atoms. The summed E-state index contributed by atoms with van der Waals surface area (Å²) in [5.41, 5.74) is 0. The van der Waals surface area contributed by atoms with E-state index in [1.165, 1.54) is 0 Å². The van der Waals surface area contributed by atoms with Crippen molar-refractivity contribution in [3.8, 4) is 0 Å². The number of hydrogen-bond acceptors (Lipinski definition) is 8. The van der Waals surface area contributed by atoms with Crippen LogP contribution in [0, 0.1) is 17.8 Å². The fourth-order valence-electron chi connectivity index (χ4n) is 4.10. The molecule has 2 aliphatic heterocycles. The number of amides is 1. The fourth-order valence-corrected chi connectivity index (χ4v) is 4.10. The van der Waals surface area contributed by atoms with Crippen molar-refractivity contribution in [3.63, 3.8) is 0 Å². The van der Waals surface area contributed by atoms with Gasteiger partial charge in [0.25, 0.3) is 5.91 Å². The molecular weight excluding hydrogens is 430 g/mol. The van der Waals surface area contributed by atoms with Gasteiger partial charge in [-0.25, -0.2) is 0 Å². The molecular formula is C24H43NO8. The van der Waals surface area contributed by atoms with E-state index >= 15 is 0 Å². The lowest BCUT2D eigenvalue weighted by molar-refractivity contribution is -0.178. The molecule has 2 rings (SSSR count). The third-order valence-corrected chi connectivity index (χ3v) is 5.85. The maximum Gasteiger partial charge on any atom is 0.288 e. The minimum atomic E-state index is -0.511. The van der Waals surface area contributed by atoms with Crippen molar-refractivity contribution < 1.29 is 38.3 Å². The molecule has 1 N–H and O–H groups in total. The number of allylic oxidation sites excluding steroid dienone is 1. The minimum absolute atomic E-state index is 0.0863. The number of carbonyl (C=O) groups excluding carboxylic acids is 1.